The average Bonchev–Trinajstić information content (AvgIpc) is 3.32. The molecule has 1 saturated heterocycles. The van der Waals surface area contributed by atoms with Crippen LogP contribution in [0.25, 0.3) is 0 Å². The van der Waals surface area contributed by atoms with E-state index in [1.165, 1.54) is 12.4 Å². The van der Waals surface area contributed by atoms with Gasteiger partial charge in [0.25, 0.3) is 0 Å². The minimum Gasteiger partial charge on any atom is -0.341 e. The van der Waals surface area contributed by atoms with E-state index in [0.717, 1.165) is 50.5 Å². The summed E-state index contributed by atoms with van der Waals surface area (Å²) < 4.78 is 5.33. The monoisotopic (exact) mass is 316 g/mol. The van der Waals surface area contributed by atoms with Crippen molar-refractivity contribution in [3.63, 3.8) is 0 Å². The summed E-state index contributed by atoms with van der Waals surface area (Å²) in [6.45, 7) is 1.55. The van der Waals surface area contributed by atoms with Crippen LogP contribution in [0.15, 0.2) is 16.9 Å². The van der Waals surface area contributed by atoms with Gasteiger partial charge in [-0.15, -0.1) is 0 Å². The van der Waals surface area contributed by atoms with Crippen molar-refractivity contribution in [2.45, 2.75) is 37.5 Å². The van der Waals surface area contributed by atoms with Crippen LogP contribution in [0.4, 0.5) is 11.6 Å². The topological polar surface area (TPSA) is 111 Å². The Hall–Kier alpha value is -2.58. The molecule has 3 heterocycles. The maximum absolute atomic E-state index is 10.6. The molecule has 0 N–H and O–H groups in total. The molecule has 0 radical (unpaired) electrons. The largest absolute Gasteiger partial charge is 0.341 e. The highest BCUT2D eigenvalue weighted by atomic mass is 16.6. The van der Waals surface area contributed by atoms with Crippen LogP contribution in [0.2, 0.25) is 0 Å². The van der Waals surface area contributed by atoms with Crippen LogP contribution in [0.3, 0.4) is 0 Å². The Morgan fingerprint density at radius 1 is 1.13 bits per heavy atom. The second-order valence-electron chi connectivity index (χ2n) is 6.02. The van der Waals surface area contributed by atoms with Gasteiger partial charge in [0.05, 0.1) is 4.92 Å². The lowest BCUT2D eigenvalue weighted by Crippen LogP contribution is -2.34. The smallest absolute Gasteiger partial charge is 0.305 e. The van der Waals surface area contributed by atoms with Gasteiger partial charge in [0, 0.05) is 24.9 Å². The summed E-state index contributed by atoms with van der Waals surface area (Å²) >= 11 is 0. The van der Waals surface area contributed by atoms with Gasteiger partial charge in [0.1, 0.15) is 12.4 Å². The summed E-state index contributed by atoms with van der Waals surface area (Å²) in [5.41, 5.74) is -0.0944. The normalized spacial score (nSPS) is 19.0. The highest BCUT2D eigenvalue weighted by Gasteiger charge is 2.32. The molecule has 0 amide bonds. The van der Waals surface area contributed by atoms with E-state index < -0.39 is 4.92 Å². The summed E-state index contributed by atoms with van der Waals surface area (Å²) in [7, 11) is 0. The van der Waals surface area contributed by atoms with E-state index in [9.17, 15) is 10.1 Å². The molecule has 1 aliphatic carbocycles. The highest BCUT2D eigenvalue weighted by Crippen LogP contribution is 2.39. The first-order chi connectivity index (χ1) is 11.2. The standard InChI is InChI=1S/C14H16N6O3/c21-20(22)11-7-15-14(16-8-11)19-5-3-9(4-6-19)12-17-13(23-18-12)10-1-2-10/h7-10H,1-6H2. The summed E-state index contributed by atoms with van der Waals surface area (Å²) in [4.78, 5) is 24.8. The van der Waals surface area contributed by atoms with E-state index in [0.29, 0.717) is 17.8 Å². The fourth-order valence-electron chi connectivity index (χ4n) is 2.82. The van der Waals surface area contributed by atoms with Gasteiger partial charge in [-0.3, -0.25) is 10.1 Å². The molecular weight excluding hydrogens is 300 g/mol. The molecule has 9 nitrogen and oxygen atoms in total. The van der Waals surface area contributed by atoms with E-state index in [4.69, 9.17) is 4.52 Å². The van der Waals surface area contributed by atoms with Crippen LogP contribution in [0.1, 0.15) is 49.2 Å². The molecule has 1 saturated carbocycles. The molecule has 0 spiro atoms. The molecule has 2 aliphatic rings. The Morgan fingerprint density at radius 2 is 1.83 bits per heavy atom. The van der Waals surface area contributed by atoms with Crippen molar-refractivity contribution in [2.75, 3.05) is 18.0 Å². The fraction of sp³-hybridized carbons (Fsp3) is 0.571. The number of hydrogen-bond acceptors (Lipinski definition) is 8. The summed E-state index contributed by atoms with van der Waals surface area (Å²) in [6, 6.07) is 0. The van der Waals surface area contributed by atoms with E-state index in [2.05, 4.69) is 20.1 Å². The fourth-order valence-corrected chi connectivity index (χ4v) is 2.82. The first-order valence-corrected chi connectivity index (χ1v) is 7.75. The Balaban J connectivity index is 1.38. The molecule has 120 valence electrons. The lowest BCUT2D eigenvalue weighted by Gasteiger charge is -2.30. The minimum atomic E-state index is -0.496. The van der Waals surface area contributed by atoms with Crippen molar-refractivity contribution in [1.29, 1.82) is 0 Å². The van der Waals surface area contributed by atoms with Crippen LogP contribution in [0.5, 0.6) is 0 Å². The Labute approximate surface area is 131 Å². The molecule has 0 unspecified atom stereocenters. The van der Waals surface area contributed by atoms with Crippen LogP contribution in [0, 0.1) is 10.1 Å². The van der Waals surface area contributed by atoms with Gasteiger partial charge in [0.15, 0.2) is 5.82 Å². The third kappa shape index (κ3) is 2.86. The predicted molar refractivity (Wildman–Crippen MR) is 79.1 cm³/mol. The molecule has 1 aliphatic heterocycles. The van der Waals surface area contributed by atoms with Gasteiger partial charge in [-0.2, -0.15) is 4.98 Å². The number of anilines is 1. The molecule has 2 aromatic heterocycles. The average molecular weight is 316 g/mol. The predicted octanol–water partition coefficient (Wildman–Crippen LogP) is 2.03. The van der Waals surface area contributed by atoms with Gasteiger partial charge in [-0.25, -0.2) is 9.97 Å². The van der Waals surface area contributed by atoms with Crippen molar-refractivity contribution in [2.24, 2.45) is 0 Å². The second kappa shape index (κ2) is 5.56. The molecule has 0 aromatic carbocycles. The van der Waals surface area contributed by atoms with Crippen molar-refractivity contribution < 1.29 is 9.45 Å². The SMILES string of the molecule is O=[N+]([O-])c1cnc(N2CCC(c3noc(C4CC4)n3)CC2)nc1. The highest BCUT2D eigenvalue weighted by molar-refractivity contribution is 5.34. The minimum absolute atomic E-state index is 0.0944. The Kier molecular flexibility index (Phi) is 3.40. The van der Waals surface area contributed by atoms with Crippen molar-refractivity contribution in [3.05, 3.63) is 34.2 Å². The molecule has 0 atom stereocenters. The molecule has 23 heavy (non-hydrogen) atoms. The van der Waals surface area contributed by atoms with E-state index >= 15 is 0 Å². The Bertz CT molecular complexity index is 704. The molecule has 0 bridgehead atoms. The van der Waals surface area contributed by atoms with Gasteiger partial charge >= 0.3 is 5.69 Å². The van der Waals surface area contributed by atoms with Gasteiger partial charge in [-0.1, -0.05) is 5.16 Å². The van der Waals surface area contributed by atoms with Crippen LogP contribution >= 0.6 is 0 Å². The first-order valence-electron chi connectivity index (χ1n) is 7.75. The van der Waals surface area contributed by atoms with E-state index in [1.54, 1.807) is 0 Å². The summed E-state index contributed by atoms with van der Waals surface area (Å²) in [5, 5.41) is 14.8. The van der Waals surface area contributed by atoms with Crippen LogP contribution in [-0.2, 0) is 0 Å². The van der Waals surface area contributed by atoms with Gasteiger partial charge in [-0.05, 0) is 25.7 Å². The summed E-state index contributed by atoms with van der Waals surface area (Å²) in [6.07, 6.45) is 6.58. The number of hydrogen-bond donors (Lipinski definition) is 0. The van der Waals surface area contributed by atoms with Crippen molar-refractivity contribution in [3.8, 4) is 0 Å². The molecule has 4 rings (SSSR count). The van der Waals surface area contributed by atoms with Crippen molar-refractivity contribution >= 4 is 11.6 Å². The maximum atomic E-state index is 10.6. The number of nitro groups is 1. The molecule has 9 heteroatoms. The summed E-state index contributed by atoms with van der Waals surface area (Å²) in [5.74, 6) is 2.88. The van der Waals surface area contributed by atoms with Gasteiger partial charge in [0.2, 0.25) is 11.8 Å². The van der Waals surface area contributed by atoms with Crippen LogP contribution in [-0.4, -0.2) is 38.1 Å². The molecule has 2 fully saturated rings. The number of rotatable bonds is 4. The number of piperidine rings is 1. The quantitative estimate of drug-likeness (QED) is 0.622. The van der Waals surface area contributed by atoms with Gasteiger partial charge < -0.3 is 9.42 Å². The zero-order valence-electron chi connectivity index (χ0n) is 12.5. The second-order valence-corrected chi connectivity index (χ2v) is 6.02. The van der Waals surface area contributed by atoms with Crippen molar-refractivity contribution in [1.82, 2.24) is 20.1 Å². The van der Waals surface area contributed by atoms with Crippen LogP contribution < -0.4 is 4.90 Å². The molecule has 2 aromatic rings. The number of aromatic nitrogens is 4. The lowest BCUT2D eigenvalue weighted by atomic mass is 9.96. The zero-order valence-corrected chi connectivity index (χ0v) is 12.5. The third-order valence-corrected chi connectivity index (χ3v) is 4.36. The number of nitrogens with zero attached hydrogens (tertiary/aromatic N) is 6. The zero-order chi connectivity index (χ0) is 15.8. The molecular formula is C14H16N6O3. The van der Waals surface area contributed by atoms with E-state index in [1.807, 2.05) is 4.90 Å². The first kappa shape index (κ1) is 14.0. The third-order valence-electron chi connectivity index (χ3n) is 4.36. The van der Waals surface area contributed by atoms with E-state index in [-0.39, 0.29) is 5.69 Å². The lowest BCUT2D eigenvalue weighted by molar-refractivity contribution is -0.385. The Morgan fingerprint density at radius 3 is 2.43 bits per heavy atom. The maximum Gasteiger partial charge on any atom is 0.305 e.